The van der Waals surface area contributed by atoms with Gasteiger partial charge in [-0.25, -0.2) is 0 Å². The molecule has 1 aliphatic heterocycles. The number of benzene rings is 2. The van der Waals surface area contributed by atoms with Crippen molar-refractivity contribution in [3.63, 3.8) is 0 Å². The summed E-state index contributed by atoms with van der Waals surface area (Å²) in [5, 5.41) is 9.53. The lowest BCUT2D eigenvalue weighted by atomic mass is 10.1. The van der Waals surface area contributed by atoms with Gasteiger partial charge in [-0.3, -0.25) is 0 Å². The lowest BCUT2D eigenvalue weighted by Gasteiger charge is -2.25. The summed E-state index contributed by atoms with van der Waals surface area (Å²) < 4.78 is 5.93. The first-order valence-corrected chi connectivity index (χ1v) is 7.88. The Bertz CT molecular complexity index is 624. The zero-order chi connectivity index (χ0) is 15.5. The number of ether oxygens (including phenoxy) is 1. The van der Waals surface area contributed by atoms with Gasteiger partial charge in [0.1, 0.15) is 11.5 Å². The van der Waals surface area contributed by atoms with Crippen molar-refractivity contribution in [1.29, 1.82) is 0 Å². The number of anilines is 1. The van der Waals surface area contributed by atoms with Crippen LogP contribution >= 0.6 is 0 Å². The zero-order valence-corrected chi connectivity index (χ0v) is 13.2. The van der Waals surface area contributed by atoms with Crippen LogP contribution in [0.1, 0.15) is 18.9 Å². The lowest BCUT2D eigenvalue weighted by molar-refractivity contribution is 0.263. The first-order valence-electron chi connectivity index (χ1n) is 7.88. The molecule has 3 rings (SSSR count). The van der Waals surface area contributed by atoms with Crippen LogP contribution in [0.4, 0.5) is 5.69 Å². The van der Waals surface area contributed by atoms with E-state index >= 15 is 0 Å². The van der Waals surface area contributed by atoms with Crippen LogP contribution in [0.25, 0.3) is 0 Å². The van der Waals surface area contributed by atoms with E-state index in [2.05, 4.69) is 24.0 Å². The number of rotatable bonds is 4. The largest absolute Gasteiger partial charge is 0.457 e. The van der Waals surface area contributed by atoms with Gasteiger partial charge in [0.25, 0.3) is 0 Å². The molecule has 1 fully saturated rings. The van der Waals surface area contributed by atoms with Gasteiger partial charge in [0.15, 0.2) is 0 Å². The maximum Gasteiger partial charge on any atom is 0.130 e. The normalized spacial score (nSPS) is 21.1. The Balaban J connectivity index is 1.74. The highest BCUT2D eigenvalue weighted by atomic mass is 16.5. The molecule has 1 aliphatic rings. The Kier molecular flexibility index (Phi) is 4.34. The second-order valence-corrected chi connectivity index (χ2v) is 6.19. The van der Waals surface area contributed by atoms with Crippen LogP contribution in [0.5, 0.6) is 11.5 Å². The van der Waals surface area contributed by atoms with Crippen LogP contribution in [0.2, 0.25) is 0 Å². The molecule has 0 saturated carbocycles. The Morgan fingerprint density at radius 3 is 2.55 bits per heavy atom. The highest BCUT2D eigenvalue weighted by Gasteiger charge is 2.28. The number of aryl methyl sites for hydroxylation is 1. The summed E-state index contributed by atoms with van der Waals surface area (Å²) in [4.78, 5) is 2.29. The summed E-state index contributed by atoms with van der Waals surface area (Å²) in [5.41, 5.74) is 2.28. The molecule has 1 N–H and O–H groups in total. The summed E-state index contributed by atoms with van der Waals surface area (Å²) in [6.45, 7) is 5.49. The topological polar surface area (TPSA) is 32.7 Å². The minimum absolute atomic E-state index is 0.214. The van der Waals surface area contributed by atoms with Crippen LogP contribution < -0.4 is 9.64 Å². The number of aliphatic hydroxyl groups is 1. The molecule has 0 amide bonds. The molecule has 1 saturated heterocycles. The third-order valence-electron chi connectivity index (χ3n) is 4.32. The Labute approximate surface area is 132 Å². The van der Waals surface area contributed by atoms with Gasteiger partial charge in [0, 0.05) is 12.2 Å². The zero-order valence-electron chi connectivity index (χ0n) is 13.2. The first-order chi connectivity index (χ1) is 10.7. The minimum Gasteiger partial charge on any atom is -0.457 e. The molecule has 2 atom stereocenters. The highest BCUT2D eigenvalue weighted by molar-refractivity contribution is 5.51. The minimum atomic E-state index is 0.214. The van der Waals surface area contributed by atoms with Crippen LogP contribution in [0.15, 0.2) is 48.5 Å². The SMILES string of the molecule is Cc1ccccc1Oc1ccc(N2C[C@@H](C)C[C@H]2CO)cc1. The quantitative estimate of drug-likeness (QED) is 0.926. The fourth-order valence-electron chi connectivity index (χ4n) is 3.14. The lowest BCUT2D eigenvalue weighted by Crippen LogP contribution is -2.31. The first kappa shape index (κ1) is 14.9. The van der Waals surface area contributed by atoms with E-state index < -0.39 is 0 Å². The van der Waals surface area contributed by atoms with Gasteiger partial charge in [0.2, 0.25) is 0 Å². The molecule has 22 heavy (non-hydrogen) atoms. The predicted molar refractivity (Wildman–Crippen MR) is 89.7 cm³/mol. The summed E-state index contributed by atoms with van der Waals surface area (Å²) in [7, 11) is 0. The van der Waals surface area contributed by atoms with Gasteiger partial charge < -0.3 is 14.7 Å². The third kappa shape index (κ3) is 3.09. The molecule has 3 heteroatoms. The van der Waals surface area contributed by atoms with Crippen LogP contribution in [-0.4, -0.2) is 24.3 Å². The molecular weight excluding hydrogens is 274 g/mol. The molecule has 0 bridgehead atoms. The Morgan fingerprint density at radius 1 is 1.14 bits per heavy atom. The monoisotopic (exact) mass is 297 g/mol. The molecular formula is C19H23NO2. The number of hydrogen-bond acceptors (Lipinski definition) is 3. The molecule has 1 heterocycles. The van der Waals surface area contributed by atoms with E-state index in [1.807, 2.05) is 43.3 Å². The highest BCUT2D eigenvalue weighted by Crippen LogP contribution is 2.31. The number of nitrogens with zero attached hydrogens (tertiary/aromatic N) is 1. The van der Waals surface area contributed by atoms with Gasteiger partial charge in [-0.1, -0.05) is 25.1 Å². The molecule has 0 aromatic heterocycles. The molecule has 3 nitrogen and oxygen atoms in total. The summed E-state index contributed by atoms with van der Waals surface area (Å²) in [5.74, 6) is 2.35. The fraction of sp³-hybridized carbons (Fsp3) is 0.368. The van der Waals surface area contributed by atoms with E-state index in [1.165, 1.54) is 0 Å². The van der Waals surface area contributed by atoms with Crippen LogP contribution in [-0.2, 0) is 0 Å². The van der Waals surface area contributed by atoms with E-state index in [-0.39, 0.29) is 12.6 Å². The van der Waals surface area contributed by atoms with Gasteiger partial charge >= 0.3 is 0 Å². The third-order valence-corrected chi connectivity index (χ3v) is 4.32. The van der Waals surface area contributed by atoms with E-state index in [1.54, 1.807) is 0 Å². The Hall–Kier alpha value is -2.00. The average molecular weight is 297 g/mol. The van der Waals surface area contributed by atoms with E-state index in [0.29, 0.717) is 5.92 Å². The molecule has 0 aliphatic carbocycles. The second kappa shape index (κ2) is 6.41. The molecule has 0 radical (unpaired) electrons. The van der Waals surface area contributed by atoms with Crippen molar-refractivity contribution in [3.8, 4) is 11.5 Å². The Morgan fingerprint density at radius 2 is 1.86 bits per heavy atom. The van der Waals surface area contributed by atoms with Crippen molar-refractivity contribution in [3.05, 3.63) is 54.1 Å². The van der Waals surface area contributed by atoms with Crippen molar-refractivity contribution in [2.24, 2.45) is 5.92 Å². The summed E-state index contributed by atoms with van der Waals surface area (Å²) in [6, 6.07) is 16.4. The van der Waals surface area contributed by atoms with Crippen molar-refractivity contribution in [2.45, 2.75) is 26.3 Å². The van der Waals surface area contributed by atoms with Crippen LogP contribution in [0, 0.1) is 12.8 Å². The number of para-hydroxylation sites is 1. The standard InChI is InChI=1S/C19H23NO2/c1-14-11-17(13-21)20(12-14)16-7-9-18(10-8-16)22-19-6-4-3-5-15(19)2/h3-10,14,17,21H,11-13H2,1-2H3/t14-,17-/m0/s1. The van der Waals surface area contributed by atoms with Crippen LogP contribution in [0.3, 0.4) is 0 Å². The number of hydrogen-bond donors (Lipinski definition) is 1. The predicted octanol–water partition coefficient (Wildman–Crippen LogP) is 3.99. The molecule has 2 aromatic rings. The van der Waals surface area contributed by atoms with E-state index in [4.69, 9.17) is 4.74 Å². The fourth-order valence-corrected chi connectivity index (χ4v) is 3.14. The molecule has 116 valence electrons. The van der Waals surface area contributed by atoms with E-state index in [9.17, 15) is 5.11 Å². The second-order valence-electron chi connectivity index (χ2n) is 6.19. The molecule has 0 spiro atoms. The van der Waals surface area contributed by atoms with Gasteiger partial charge in [-0.2, -0.15) is 0 Å². The smallest absolute Gasteiger partial charge is 0.130 e. The van der Waals surface area contributed by atoms with E-state index in [0.717, 1.165) is 35.7 Å². The summed E-state index contributed by atoms with van der Waals surface area (Å²) in [6.07, 6.45) is 1.05. The maximum absolute atomic E-state index is 9.53. The summed E-state index contributed by atoms with van der Waals surface area (Å²) >= 11 is 0. The van der Waals surface area contributed by atoms with Gasteiger partial charge in [0.05, 0.1) is 12.6 Å². The number of aliphatic hydroxyl groups excluding tert-OH is 1. The average Bonchev–Trinajstić information content (AvgIpc) is 2.91. The van der Waals surface area contributed by atoms with Crippen molar-refractivity contribution < 1.29 is 9.84 Å². The molecule has 0 unspecified atom stereocenters. The molecule has 2 aromatic carbocycles. The maximum atomic E-state index is 9.53. The van der Waals surface area contributed by atoms with Crippen molar-refractivity contribution in [2.75, 3.05) is 18.1 Å². The van der Waals surface area contributed by atoms with Crippen molar-refractivity contribution in [1.82, 2.24) is 0 Å². The van der Waals surface area contributed by atoms with Gasteiger partial charge in [-0.05, 0) is 55.2 Å². The van der Waals surface area contributed by atoms with Crippen molar-refractivity contribution >= 4 is 5.69 Å². The van der Waals surface area contributed by atoms with Gasteiger partial charge in [-0.15, -0.1) is 0 Å².